The number of carbonyl (C=O) groups excluding carboxylic acids is 4. The number of aromatic nitrogens is 1. The number of benzene rings is 1. The Kier molecular flexibility index (Phi) is 11.4. The molecule has 0 unspecified atom stereocenters. The molecule has 14 nitrogen and oxygen atoms in total. The lowest BCUT2D eigenvalue weighted by Gasteiger charge is -2.29. The van der Waals surface area contributed by atoms with Gasteiger partial charge in [-0.15, -0.1) is 11.3 Å². The second-order valence-corrected chi connectivity index (χ2v) is 10.8. The van der Waals surface area contributed by atoms with Crippen molar-refractivity contribution in [2.45, 2.75) is 63.6 Å². The molecule has 0 radical (unpaired) electrons. The van der Waals surface area contributed by atoms with E-state index < -0.39 is 24.0 Å². The largest absolute Gasteiger partial charge is 0.370 e. The van der Waals surface area contributed by atoms with Gasteiger partial charge in [0.25, 0.3) is 0 Å². The summed E-state index contributed by atoms with van der Waals surface area (Å²) in [6.07, 6.45) is 2.49. The summed E-state index contributed by atoms with van der Waals surface area (Å²) in [5.41, 5.74) is 22.3. The van der Waals surface area contributed by atoms with Gasteiger partial charge in [0.1, 0.15) is 12.1 Å². The molecule has 3 amide bonds. The number of hydrogen-bond acceptors (Lipinski definition) is 8. The highest BCUT2D eigenvalue weighted by Gasteiger charge is 2.38. The summed E-state index contributed by atoms with van der Waals surface area (Å²) in [6, 6.07) is 4.88. The fourth-order valence-electron chi connectivity index (χ4n) is 4.68. The summed E-state index contributed by atoms with van der Waals surface area (Å²) in [6.45, 7) is 2.26. The topological polar surface area (TPSA) is 237 Å². The third-order valence-corrected chi connectivity index (χ3v) is 7.59. The van der Waals surface area contributed by atoms with E-state index in [2.05, 4.69) is 25.6 Å². The predicted molar refractivity (Wildman–Crippen MR) is 158 cm³/mol. The van der Waals surface area contributed by atoms with Crippen LogP contribution in [0.15, 0.2) is 34.3 Å². The average Bonchev–Trinajstić information content (AvgIpc) is 3.58. The molecule has 3 atom stereocenters. The first-order valence-electron chi connectivity index (χ1n) is 13.4. The van der Waals surface area contributed by atoms with E-state index in [1.165, 1.54) is 23.2 Å². The van der Waals surface area contributed by atoms with Gasteiger partial charge in [-0.3, -0.25) is 29.2 Å². The number of fused-ring (bicyclic) bond motifs is 1. The first-order valence-corrected chi connectivity index (χ1v) is 14.3. The van der Waals surface area contributed by atoms with Crippen molar-refractivity contribution >= 4 is 57.0 Å². The molecule has 15 heteroatoms. The summed E-state index contributed by atoms with van der Waals surface area (Å²) in [7, 11) is 0. The number of nitrogens with zero attached hydrogens (tertiary/aromatic N) is 4. The molecule has 3 rings (SSSR count). The van der Waals surface area contributed by atoms with Crippen LogP contribution in [0.4, 0.5) is 0 Å². The average molecular weight is 587 g/mol. The van der Waals surface area contributed by atoms with Crippen LogP contribution in [0.25, 0.3) is 10.2 Å². The van der Waals surface area contributed by atoms with Crippen LogP contribution in [-0.4, -0.2) is 83.1 Å². The monoisotopic (exact) mass is 586 g/mol. The van der Waals surface area contributed by atoms with Crippen LogP contribution in [-0.2, 0) is 14.4 Å². The van der Waals surface area contributed by atoms with Crippen molar-refractivity contribution in [1.29, 1.82) is 0 Å². The minimum absolute atomic E-state index is 0.0584. The zero-order valence-electron chi connectivity index (χ0n) is 23.0. The number of ketones is 1. The smallest absolute Gasteiger partial charge is 0.245 e. The van der Waals surface area contributed by atoms with E-state index in [-0.39, 0.29) is 47.5 Å². The second-order valence-electron chi connectivity index (χ2n) is 9.75. The van der Waals surface area contributed by atoms with E-state index in [4.69, 9.17) is 22.9 Å². The minimum atomic E-state index is -0.888. The number of amides is 3. The zero-order valence-corrected chi connectivity index (χ0v) is 23.9. The molecule has 1 saturated heterocycles. The number of rotatable bonds is 14. The van der Waals surface area contributed by atoms with E-state index >= 15 is 0 Å². The van der Waals surface area contributed by atoms with Crippen molar-refractivity contribution in [3.8, 4) is 0 Å². The van der Waals surface area contributed by atoms with Crippen molar-refractivity contribution in [2.75, 3.05) is 19.6 Å². The Hall–Kier alpha value is -4.27. The standard InChI is InChI=1S/C26H38N10O4S/c1-15(37)33-18(9-5-13-32-26(29)30)24(40)36-14-6-10-19(36)22(39)34-17(8-4-12-31-25(27)28)21(38)23-35-16-7-2-3-11-20(16)41-23/h2-3,7,11,17-19H,4-6,8-10,12-14H2,1H3,(H,33,37)(H,34,39)(H4,27,28,31)(H4,29,30,32)/t17-,18-,19-/m0/s1. The van der Waals surface area contributed by atoms with Crippen LogP contribution in [0.2, 0.25) is 0 Å². The normalized spacial score (nSPS) is 16.0. The molecule has 41 heavy (non-hydrogen) atoms. The Balaban J connectivity index is 1.75. The number of aliphatic imine (C=N–C) groups is 2. The van der Waals surface area contributed by atoms with Crippen molar-refractivity contribution in [3.05, 3.63) is 29.3 Å². The van der Waals surface area contributed by atoms with E-state index in [0.717, 1.165) is 4.70 Å². The molecule has 1 aliphatic rings. The van der Waals surface area contributed by atoms with Crippen LogP contribution < -0.4 is 33.6 Å². The second kappa shape index (κ2) is 14.9. The van der Waals surface area contributed by atoms with Gasteiger partial charge in [0.2, 0.25) is 23.5 Å². The van der Waals surface area contributed by atoms with Crippen LogP contribution in [0.1, 0.15) is 55.3 Å². The molecule has 0 saturated carbocycles. The minimum Gasteiger partial charge on any atom is -0.370 e. The molecule has 222 valence electrons. The number of guanidine groups is 2. The SMILES string of the molecule is CC(=O)N[C@@H](CCCN=C(N)N)C(=O)N1CCC[C@H]1C(=O)N[C@@H](CCCN=C(N)N)C(=O)c1nc2ccccc2s1. The Labute approximate surface area is 242 Å². The van der Waals surface area contributed by atoms with Crippen LogP contribution in [0.3, 0.4) is 0 Å². The highest BCUT2D eigenvalue weighted by Crippen LogP contribution is 2.24. The van der Waals surface area contributed by atoms with E-state index in [9.17, 15) is 19.2 Å². The van der Waals surface area contributed by atoms with Gasteiger partial charge in [-0.1, -0.05) is 12.1 Å². The molecule has 1 aliphatic heterocycles. The number of likely N-dealkylation sites (tertiary alicyclic amines) is 1. The number of hydrogen-bond donors (Lipinski definition) is 6. The number of carbonyl (C=O) groups is 4. The zero-order chi connectivity index (χ0) is 29.9. The number of Topliss-reactive ketones (excluding diaryl/α,β-unsaturated/α-hetero) is 1. The van der Waals surface area contributed by atoms with Gasteiger partial charge in [0, 0.05) is 26.6 Å². The molecule has 1 aromatic heterocycles. The van der Waals surface area contributed by atoms with Gasteiger partial charge in [0.15, 0.2) is 16.9 Å². The summed E-state index contributed by atoms with van der Waals surface area (Å²) in [5.74, 6) is -1.63. The number of nitrogens with two attached hydrogens (primary N) is 4. The van der Waals surface area contributed by atoms with Gasteiger partial charge in [-0.2, -0.15) is 0 Å². The lowest BCUT2D eigenvalue weighted by atomic mass is 10.0. The van der Waals surface area contributed by atoms with E-state index in [0.29, 0.717) is 50.7 Å². The number of nitrogens with one attached hydrogen (secondary N) is 2. The number of thiazole rings is 1. The van der Waals surface area contributed by atoms with Crippen molar-refractivity contribution < 1.29 is 19.2 Å². The molecule has 1 aromatic carbocycles. The highest BCUT2D eigenvalue weighted by molar-refractivity contribution is 7.20. The third-order valence-electron chi connectivity index (χ3n) is 6.54. The maximum absolute atomic E-state index is 13.5. The summed E-state index contributed by atoms with van der Waals surface area (Å²) < 4.78 is 0.859. The van der Waals surface area contributed by atoms with Gasteiger partial charge in [-0.05, 0) is 50.7 Å². The quantitative estimate of drug-likeness (QED) is 0.0727. The fraction of sp³-hybridized carbons (Fsp3) is 0.500. The predicted octanol–water partition coefficient (Wildman–Crippen LogP) is -0.433. The van der Waals surface area contributed by atoms with Gasteiger partial charge < -0.3 is 38.5 Å². The van der Waals surface area contributed by atoms with Crippen molar-refractivity contribution in [2.24, 2.45) is 32.9 Å². The van der Waals surface area contributed by atoms with Crippen LogP contribution in [0.5, 0.6) is 0 Å². The number of para-hydroxylation sites is 1. The van der Waals surface area contributed by atoms with Crippen molar-refractivity contribution in [1.82, 2.24) is 20.5 Å². The van der Waals surface area contributed by atoms with Crippen molar-refractivity contribution in [3.63, 3.8) is 0 Å². The molecule has 1 fully saturated rings. The Bertz CT molecular complexity index is 1270. The molecule has 0 bridgehead atoms. The van der Waals surface area contributed by atoms with Crippen LogP contribution in [0, 0.1) is 0 Å². The van der Waals surface area contributed by atoms with Gasteiger partial charge >= 0.3 is 0 Å². The Morgan fingerprint density at radius 3 is 2.24 bits per heavy atom. The molecular weight excluding hydrogens is 548 g/mol. The first kappa shape index (κ1) is 31.3. The highest BCUT2D eigenvalue weighted by atomic mass is 32.1. The molecule has 10 N–H and O–H groups in total. The molecule has 2 aromatic rings. The van der Waals surface area contributed by atoms with E-state index in [1.54, 1.807) is 0 Å². The molecule has 2 heterocycles. The Morgan fingerprint density at radius 2 is 1.63 bits per heavy atom. The maximum Gasteiger partial charge on any atom is 0.245 e. The summed E-state index contributed by atoms with van der Waals surface area (Å²) in [4.78, 5) is 66.1. The molecular formula is C26H38N10O4S. The molecule has 0 spiro atoms. The first-order chi connectivity index (χ1) is 19.6. The Morgan fingerprint density at radius 1 is 1.00 bits per heavy atom. The lowest BCUT2D eigenvalue weighted by molar-refractivity contribution is -0.141. The maximum atomic E-state index is 13.5. The third kappa shape index (κ3) is 9.13. The lowest BCUT2D eigenvalue weighted by Crippen LogP contribution is -2.55. The van der Waals surface area contributed by atoms with Gasteiger partial charge in [-0.25, -0.2) is 4.98 Å². The molecule has 0 aliphatic carbocycles. The summed E-state index contributed by atoms with van der Waals surface area (Å²) >= 11 is 1.25. The van der Waals surface area contributed by atoms with E-state index in [1.807, 2.05) is 24.3 Å². The fourth-order valence-corrected chi connectivity index (χ4v) is 5.64. The van der Waals surface area contributed by atoms with Gasteiger partial charge in [0.05, 0.1) is 16.3 Å². The van der Waals surface area contributed by atoms with Crippen LogP contribution >= 0.6 is 11.3 Å². The summed E-state index contributed by atoms with van der Waals surface area (Å²) in [5, 5.41) is 5.82.